The Balaban J connectivity index is 2.10. The first-order chi connectivity index (χ1) is 6.88. The summed E-state index contributed by atoms with van der Waals surface area (Å²) in [5, 5.41) is 6.81. The van der Waals surface area contributed by atoms with E-state index in [1.54, 1.807) is 13.2 Å². The highest BCUT2D eigenvalue weighted by Gasteiger charge is 1.97. The summed E-state index contributed by atoms with van der Waals surface area (Å²) in [5.74, 6) is 1.52. The standard InChI is InChI=1S/C10H10N2O2/c1-13-9-4-2-8(3-5-9)11-10-6-7-14-12-10/h2-7H,1H3,(H,11,12). The lowest BCUT2D eigenvalue weighted by Crippen LogP contribution is -1.90. The van der Waals surface area contributed by atoms with E-state index >= 15 is 0 Å². The molecular formula is C10H10N2O2. The largest absolute Gasteiger partial charge is 0.497 e. The SMILES string of the molecule is COc1ccc(Nc2ccon2)cc1. The van der Waals surface area contributed by atoms with Crippen LogP contribution in [0.3, 0.4) is 0 Å². The van der Waals surface area contributed by atoms with Crippen molar-refractivity contribution in [2.45, 2.75) is 0 Å². The summed E-state index contributed by atoms with van der Waals surface area (Å²) in [5.41, 5.74) is 0.944. The molecule has 0 radical (unpaired) electrons. The third-order valence-corrected chi connectivity index (χ3v) is 1.80. The van der Waals surface area contributed by atoms with Crippen LogP contribution >= 0.6 is 0 Å². The minimum atomic E-state index is 0.690. The normalized spacial score (nSPS) is 9.79. The molecule has 0 atom stereocenters. The van der Waals surface area contributed by atoms with E-state index in [0.29, 0.717) is 5.82 Å². The fraction of sp³-hybridized carbons (Fsp3) is 0.100. The van der Waals surface area contributed by atoms with E-state index in [4.69, 9.17) is 9.26 Å². The van der Waals surface area contributed by atoms with Crippen molar-refractivity contribution in [3.05, 3.63) is 36.6 Å². The number of aromatic nitrogens is 1. The molecule has 0 amide bonds. The third kappa shape index (κ3) is 1.85. The van der Waals surface area contributed by atoms with Gasteiger partial charge in [0, 0.05) is 11.8 Å². The van der Waals surface area contributed by atoms with Gasteiger partial charge in [-0.05, 0) is 24.3 Å². The lowest BCUT2D eigenvalue weighted by atomic mass is 10.3. The molecule has 0 aliphatic heterocycles. The van der Waals surface area contributed by atoms with Gasteiger partial charge in [-0.2, -0.15) is 0 Å². The van der Waals surface area contributed by atoms with Gasteiger partial charge >= 0.3 is 0 Å². The number of anilines is 2. The first-order valence-electron chi connectivity index (χ1n) is 4.20. The van der Waals surface area contributed by atoms with Crippen molar-refractivity contribution in [3.63, 3.8) is 0 Å². The minimum Gasteiger partial charge on any atom is -0.497 e. The molecule has 14 heavy (non-hydrogen) atoms. The first-order valence-corrected chi connectivity index (χ1v) is 4.20. The summed E-state index contributed by atoms with van der Waals surface area (Å²) in [6.07, 6.45) is 1.52. The second kappa shape index (κ2) is 3.83. The van der Waals surface area contributed by atoms with Crippen molar-refractivity contribution >= 4 is 11.5 Å². The van der Waals surface area contributed by atoms with E-state index in [2.05, 4.69) is 10.5 Å². The van der Waals surface area contributed by atoms with Crippen LogP contribution in [-0.4, -0.2) is 12.3 Å². The Morgan fingerprint density at radius 1 is 1.21 bits per heavy atom. The second-order valence-corrected chi connectivity index (χ2v) is 2.74. The number of rotatable bonds is 3. The van der Waals surface area contributed by atoms with Crippen molar-refractivity contribution in [2.75, 3.05) is 12.4 Å². The van der Waals surface area contributed by atoms with Crippen LogP contribution in [0.4, 0.5) is 11.5 Å². The molecule has 0 aliphatic carbocycles. The summed E-state index contributed by atoms with van der Waals surface area (Å²) >= 11 is 0. The number of ether oxygens (including phenoxy) is 1. The maximum absolute atomic E-state index is 5.04. The number of benzene rings is 1. The van der Waals surface area contributed by atoms with Gasteiger partial charge in [0.15, 0.2) is 5.82 Å². The maximum Gasteiger partial charge on any atom is 0.173 e. The molecule has 4 heteroatoms. The highest BCUT2D eigenvalue weighted by Crippen LogP contribution is 2.18. The van der Waals surface area contributed by atoms with Gasteiger partial charge in [0.2, 0.25) is 0 Å². The van der Waals surface area contributed by atoms with Gasteiger partial charge in [-0.3, -0.25) is 0 Å². The highest BCUT2D eigenvalue weighted by atomic mass is 16.5. The van der Waals surface area contributed by atoms with Gasteiger partial charge in [0.1, 0.15) is 12.0 Å². The predicted molar refractivity (Wildman–Crippen MR) is 52.8 cm³/mol. The zero-order valence-corrected chi connectivity index (χ0v) is 7.73. The van der Waals surface area contributed by atoms with Gasteiger partial charge in [-0.15, -0.1) is 0 Å². The first kappa shape index (κ1) is 8.62. The Bertz CT molecular complexity index is 381. The van der Waals surface area contributed by atoms with E-state index in [9.17, 15) is 0 Å². The molecule has 0 saturated heterocycles. The number of nitrogens with zero attached hydrogens (tertiary/aromatic N) is 1. The molecule has 2 aromatic rings. The molecule has 1 aromatic heterocycles. The van der Waals surface area contributed by atoms with Crippen LogP contribution in [0.2, 0.25) is 0 Å². The van der Waals surface area contributed by atoms with E-state index in [1.807, 2.05) is 24.3 Å². The fourth-order valence-corrected chi connectivity index (χ4v) is 1.10. The smallest absolute Gasteiger partial charge is 0.173 e. The van der Waals surface area contributed by atoms with Gasteiger partial charge in [0.05, 0.1) is 7.11 Å². The van der Waals surface area contributed by atoms with Crippen LogP contribution in [0.15, 0.2) is 41.1 Å². The number of methoxy groups -OCH3 is 1. The summed E-state index contributed by atoms with van der Waals surface area (Å²) < 4.78 is 9.74. The van der Waals surface area contributed by atoms with Crippen molar-refractivity contribution in [3.8, 4) is 5.75 Å². The summed E-state index contributed by atoms with van der Waals surface area (Å²) in [6, 6.07) is 9.33. The predicted octanol–water partition coefficient (Wildman–Crippen LogP) is 2.43. The zero-order valence-electron chi connectivity index (χ0n) is 7.73. The quantitative estimate of drug-likeness (QED) is 0.807. The molecular weight excluding hydrogens is 180 g/mol. The van der Waals surface area contributed by atoms with Crippen molar-refractivity contribution < 1.29 is 9.26 Å². The van der Waals surface area contributed by atoms with Gasteiger partial charge < -0.3 is 14.6 Å². The average Bonchev–Trinajstić information content (AvgIpc) is 2.72. The molecule has 4 nitrogen and oxygen atoms in total. The van der Waals surface area contributed by atoms with Gasteiger partial charge in [-0.1, -0.05) is 5.16 Å². The van der Waals surface area contributed by atoms with E-state index in [1.165, 1.54) is 6.26 Å². The lowest BCUT2D eigenvalue weighted by molar-refractivity contribution is 0.415. The zero-order chi connectivity index (χ0) is 9.80. The van der Waals surface area contributed by atoms with Crippen LogP contribution in [0.25, 0.3) is 0 Å². The molecule has 1 heterocycles. The van der Waals surface area contributed by atoms with Crippen molar-refractivity contribution in [1.29, 1.82) is 0 Å². The van der Waals surface area contributed by atoms with Crippen LogP contribution in [0.1, 0.15) is 0 Å². The Hall–Kier alpha value is -1.97. The fourth-order valence-electron chi connectivity index (χ4n) is 1.10. The number of nitrogens with one attached hydrogen (secondary N) is 1. The molecule has 2 rings (SSSR count). The summed E-state index contributed by atoms with van der Waals surface area (Å²) in [7, 11) is 1.64. The number of hydrogen-bond donors (Lipinski definition) is 1. The van der Waals surface area contributed by atoms with Crippen LogP contribution in [-0.2, 0) is 0 Å². The maximum atomic E-state index is 5.04. The van der Waals surface area contributed by atoms with E-state index in [0.717, 1.165) is 11.4 Å². The monoisotopic (exact) mass is 190 g/mol. The molecule has 0 unspecified atom stereocenters. The lowest BCUT2D eigenvalue weighted by Gasteiger charge is -2.03. The molecule has 1 aromatic carbocycles. The Kier molecular flexibility index (Phi) is 2.36. The van der Waals surface area contributed by atoms with E-state index < -0.39 is 0 Å². The topological polar surface area (TPSA) is 47.3 Å². The van der Waals surface area contributed by atoms with Crippen LogP contribution < -0.4 is 10.1 Å². The van der Waals surface area contributed by atoms with Crippen LogP contribution in [0, 0.1) is 0 Å². The minimum absolute atomic E-state index is 0.690. The Morgan fingerprint density at radius 2 is 2.00 bits per heavy atom. The molecule has 0 aliphatic rings. The molecule has 0 fully saturated rings. The average molecular weight is 190 g/mol. The Morgan fingerprint density at radius 3 is 2.57 bits per heavy atom. The number of hydrogen-bond acceptors (Lipinski definition) is 4. The Labute approximate surface area is 81.5 Å². The summed E-state index contributed by atoms with van der Waals surface area (Å²) in [6.45, 7) is 0. The molecule has 0 spiro atoms. The van der Waals surface area contributed by atoms with Crippen molar-refractivity contribution in [1.82, 2.24) is 5.16 Å². The van der Waals surface area contributed by atoms with Crippen LogP contribution in [0.5, 0.6) is 5.75 Å². The van der Waals surface area contributed by atoms with Gasteiger partial charge in [0.25, 0.3) is 0 Å². The van der Waals surface area contributed by atoms with E-state index in [-0.39, 0.29) is 0 Å². The second-order valence-electron chi connectivity index (χ2n) is 2.74. The highest BCUT2D eigenvalue weighted by molar-refractivity contribution is 5.56. The molecule has 0 saturated carbocycles. The summed E-state index contributed by atoms with van der Waals surface area (Å²) in [4.78, 5) is 0. The van der Waals surface area contributed by atoms with Crippen molar-refractivity contribution in [2.24, 2.45) is 0 Å². The molecule has 0 bridgehead atoms. The van der Waals surface area contributed by atoms with Gasteiger partial charge in [-0.25, -0.2) is 0 Å². The third-order valence-electron chi connectivity index (χ3n) is 1.80. The molecule has 1 N–H and O–H groups in total. The molecule has 72 valence electrons.